The number of amides is 1. The largest absolute Gasteiger partial charge is 0.349 e. The van der Waals surface area contributed by atoms with Crippen molar-refractivity contribution in [3.63, 3.8) is 0 Å². The lowest BCUT2D eigenvalue weighted by atomic mass is 9.98. The molecule has 1 saturated heterocycles. The number of hydrogen-bond acceptors (Lipinski definition) is 4. The van der Waals surface area contributed by atoms with Gasteiger partial charge in [0.25, 0.3) is 5.91 Å². The average Bonchev–Trinajstić information content (AvgIpc) is 2.54. The first-order chi connectivity index (χ1) is 11.5. The van der Waals surface area contributed by atoms with Gasteiger partial charge in [-0.1, -0.05) is 0 Å². The van der Waals surface area contributed by atoms with Crippen LogP contribution in [0.1, 0.15) is 44.0 Å². The summed E-state index contributed by atoms with van der Waals surface area (Å²) in [5.41, 5.74) is 0.638. The van der Waals surface area contributed by atoms with E-state index in [1.807, 2.05) is 0 Å². The summed E-state index contributed by atoms with van der Waals surface area (Å²) in [6.07, 6.45) is 1.85. The fraction of sp³-hybridized carbons (Fsp3) is 0.611. The Morgan fingerprint density at radius 2 is 1.64 bits per heavy atom. The van der Waals surface area contributed by atoms with Gasteiger partial charge >= 0.3 is 0 Å². The van der Waals surface area contributed by atoms with Gasteiger partial charge in [-0.3, -0.25) is 9.69 Å². The monoisotopic (exact) mass is 367 g/mol. The second kappa shape index (κ2) is 7.43. The van der Waals surface area contributed by atoms with Gasteiger partial charge in [0.2, 0.25) is 10.0 Å². The Morgan fingerprint density at radius 3 is 2.08 bits per heavy atom. The van der Waals surface area contributed by atoms with Crippen molar-refractivity contribution in [3.8, 4) is 0 Å². The van der Waals surface area contributed by atoms with Crippen LogP contribution in [0.4, 0.5) is 0 Å². The maximum Gasteiger partial charge on any atom is 0.251 e. The third kappa shape index (κ3) is 4.80. The molecule has 0 spiro atoms. The third-order valence-electron chi connectivity index (χ3n) is 4.67. The molecule has 1 N–H and O–H groups in total. The summed E-state index contributed by atoms with van der Waals surface area (Å²) < 4.78 is 25.3. The summed E-state index contributed by atoms with van der Waals surface area (Å²) in [6.45, 7) is 8.54. The van der Waals surface area contributed by atoms with Gasteiger partial charge in [-0.15, -0.1) is 0 Å². The predicted molar refractivity (Wildman–Crippen MR) is 99.1 cm³/mol. The Balaban J connectivity index is 1.96. The molecule has 1 heterocycles. The summed E-state index contributed by atoms with van der Waals surface area (Å²) >= 11 is 0. The van der Waals surface area contributed by atoms with Crippen molar-refractivity contribution in [2.24, 2.45) is 0 Å². The maximum absolute atomic E-state index is 12.4. The minimum Gasteiger partial charge on any atom is -0.349 e. The first-order valence-corrected chi connectivity index (χ1v) is 10.0. The highest BCUT2D eigenvalue weighted by Gasteiger charge is 2.27. The third-order valence-corrected chi connectivity index (χ3v) is 6.50. The molecule has 25 heavy (non-hydrogen) atoms. The van der Waals surface area contributed by atoms with E-state index in [0.29, 0.717) is 5.56 Å². The van der Waals surface area contributed by atoms with E-state index in [1.165, 1.54) is 26.2 Å². The van der Waals surface area contributed by atoms with E-state index < -0.39 is 10.0 Å². The van der Waals surface area contributed by atoms with Crippen LogP contribution in [0.2, 0.25) is 0 Å². The second-order valence-electron chi connectivity index (χ2n) is 7.72. The van der Waals surface area contributed by atoms with Crippen LogP contribution in [0.3, 0.4) is 0 Å². The van der Waals surface area contributed by atoms with Crippen LogP contribution in [0.15, 0.2) is 29.2 Å². The molecule has 140 valence electrons. The van der Waals surface area contributed by atoms with Gasteiger partial charge in [-0.25, -0.2) is 12.7 Å². The van der Waals surface area contributed by atoms with Gasteiger partial charge in [0.15, 0.2) is 0 Å². The molecular weight excluding hydrogens is 338 g/mol. The molecule has 0 aliphatic carbocycles. The number of carbonyl (C=O) groups is 1. The minimum atomic E-state index is -3.47. The van der Waals surface area contributed by atoms with Crippen LogP contribution in [0.5, 0.6) is 0 Å². The maximum atomic E-state index is 12.4. The van der Waals surface area contributed by atoms with Crippen LogP contribution in [-0.2, 0) is 10.0 Å². The van der Waals surface area contributed by atoms with E-state index in [-0.39, 0.29) is 22.4 Å². The summed E-state index contributed by atoms with van der Waals surface area (Å²) in [6, 6.07) is 6.25. The number of rotatable bonds is 4. The molecule has 0 atom stereocenters. The molecule has 0 radical (unpaired) electrons. The quantitative estimate of drug-likeness (QED) is 0.883. The molecule has 0 bridgehead atoms. The number of sulfonamides is 1. The molecule has 6 nitrogen and oxygen atoms in total. The smallest absolute Gasteiger partial charge is 0.251 e. The van der Waals surface area contributed by atoms with E-state index in [9.17, 15) is 13.2 Å². The van der Waals surface area contributed by atoms with Gasteiger partial charge in [0.1, 0.15) is 0 Å². The number of likely N-dealkylation sites (tertiary alicyclic amines) is 1. The molecule has 1 fully saturated rings. The fourth-order valence-electron chi connectivity index (χ4n) is 2.95. The summed E-state index contributed by atoms with van der Waals surface area (Å²) in [4.78, 5) is 15.0. The standard InChI is InChI=1S/C18H29N3O3S/c1-18(2,3)21-12-10-15(11-13-21)19-17(22)14-6-8-16(9-7-14)25(23,24)20(4)5/h6-9,15H,10-13H2,1-5H3,(H,19,22). The van der Waals surface area contributed by atoms with E-state index in [1.54, 1.807) is 12.1 Å². The van der Waals surface area contributed by atoms with E-state index in [0.717, 1.165) is 30.2 Å². The summed E-state index contributed by atoms with van der Waals surface area (Å²) in [7, 11) is -0.499. The Hall–Kier alpha value is -1.44. The van der Waals surface area contributed by atoms with Crippen molar-refractivity contribution >= 4 is 15.9 Å². The van der Waals surface area contributed by atoms with E-state index in [4.69, 9.17) is 0 Å². The first kappa shape index (κ1) is 19.9. The van der Waals surface area contributed by atoms with Gasteiger partial charge in [-0.05, 0) is 57.9 Å². The van der Waals surface area contributed by atoms with Crippen molar-refractivity contribution in [3.05, 3.63) is 29.8 Å². The molecule has 2 rings (SSSR count). The summed E-state index contributed by atoms with van der Waals surface area (Å²) in [5, 5.41) is 3.06. The van der Waals surface area contributed by atoms with Gasteiger partial charge in [0.05, 0.1) is 4.90 Å². The Kier molecular flexibility index (Phi) is 5.91. The molecule has 1 aliphatic heterocycles. The SMILES string of the molecule is CN(C)S(=O)(=O)c1ccc(C(=O)NC2CCN(C(C)(C)C)CC2)cc1. The minimum absolute atomic E-state index is 0.150. The van der Waals surface area contributed by atoms with Gasteiger partial charge in [-0.2, -0.15) is 0 Å². The number of piperidine rings is 1. The summed E-state index contributed by atoms with van der Waals surface area (Å²) in [5.74, 6) is -0.150. The normalized spacial score (nSPS) is 17.7. The van der Waals surface area contributed by atoms with Gasteiger partial charge < -0.3 is 5.32 Å². The highest BCUT2D eigenvalue weighted by Crippen LogP contribution is 2.20. The van der Waals surface area contributed by atoms with Crippen molar-refractivity contribution < 1.29 is 13.2 Å². The zero-order chi connectivity index (χ0) is 18.8. The number of hydrogen-bond donors (Lipinski definition) is 1. The topological polar surface area (TPSA) is 69.7 Å². The molecule has 1 aliphatic rings. The van der Waals surface area contributed by atoms with Crippen molar-refractivity contribution in [2.45, 2.75) is 50.1 Å². The Morgan fingerprint density at radius 1 is 1.12 bits per heavy atom. The Labute approximate surface area is 151 Å². The van der Waals surface area contributed by atoms with Crippen LogP contribution >= 0.6 is 0 Å². The van der Waals surface area contributed by atoms with Crippen molar-refractivity contribution in [2.75, 3.05) is 27.2 Å². The number of benzene rings is 1. The van der Waals surface area contributed by atoms with E-state index >= 15 is 0 Å². The zero-order valence-corrected chi connectivity index (χ0v) is 16.6. The predicted octanol–water partition coefficient (Wildman–Crippen LogP) is 1.93. The highest BCUT2D eigenvalue weighted by atomic mass is 32.2. The molecule has 1 amide bonds. The molecular formula is C18H29N3O3S. The van der Waals surface area contributed by atoms with Crippen LogP contribution in [0.25, 0.3) is 0 Å². The molecule has 7 heteroatoms. The molecule has 1 aromatic rings. The lowest BCUT2D eigenvalue weighted by Gasteiger charge is -2.41. The molecule has 0 aromatic heterocycles. The van der Waals surface area contributed by atoms with Crippen LogP contribution in [-0.4, -0.2) is 62.3 Å². The van der Waals surface area contributed by atoms with Crippen LogP contribution < -0.4 is 5.32 Å². The second-order valence-corrected chi connectivity index (χ2v) is 9.87. The number of nitrogens with zero attached hydrogens (tertiary/aromatic N) is 2. The number of carbonyl (C=O) groups excluding carboxylic acids is 1. The molecule has 1 aromatic carbocycles. The Bertz CT molecular complexity index is 698. The lowest BCUT2D eigenvalue weighted by Crippen LogP contribution is -2.50. The molecule has 0 saturated carbocycles. The first-order valence-electron chi connectivity index (χ1n) is 8.60. The average molecular weight is 368 g/mol. The van der Waals surface area contributed by atoms with Crippen molar-refractivity contribution in [1.82, 2.24) is 14.5 Å². The molecule has 0 unspecified atom stereocenters. The number of nitrogens with one attached hydrogen (secondary N) is 1. The zero-order valence-electron chi connectivity index (χ0n) is 15.7. The highest BCUT2D eigenvalue weighted by molar-refractivity contribution is 7.89. The lowest BCUT2D eigenvalue weighted by molar-refractivity contribution is 0.0812. The van der Waals surface area contributed by atoms with Crippen molar-refractivity contribution in [1.29, 1.82) is 0 Å². The van der Waals surface area contributed by atoms with Gasteiger partial charge in [0, 0.05) is 44.3 Å². The van der Waals surface area contributed by atoms with E-state index in [2.05, 4.69) is 31.0 Å². The fourth-order valence-corrected chi connectivity index (χ4v) is 3.85. The van der Waals surface area contributed by atoms with Crippen LogP contribution in [0, 0.1) is 0 Å².